The van der Waals surface area contributed by atoms with E-state index in [-0.39, 0.29) is 0 Å². The lowest BCUT2D eigenvalue weighted by molar-refractivity contribution is 0.910. The van der Waals surface area contributed by atoms with E-state index in [1.165, 1.54) is 11.1 Å². The number of hydrogen-bond donors (Lipinski definition) is 1. The molecule has 0 atom stereocenters. The van der Waals surface area contributed by atoms with Crippen molar-refractivity contribution in [3.05, 3.63) is 41.2 Å². The molecule has 2 aromatic rings. The van der Waals surface area contributed by atoms with Gasteiger partial charge in [-0.15, -0.1) is 0 Å². The van der Waals surface area contributed by atoms with Gasteiger partial charge in [-0.05, 0) is 31.4 Å². The van der Waals surface area contributed by atoms with Gasteiger partial charge in [0, 0.05) is 24.1 Å². The van der Waals surface area contributed by atoms with Gasteiger partial charge in [0.25, 0.3) is 0 Å². The number of benzene rings is 1. The van der Waals surface area contributed by atoms with Crippen LogP contribution in [0.2, 0.25) is 0 Å². The number of hydrogen-bond acceptors (Lipinski definition) is 3. The molecule has 0 aliphatic rings. The van der Waals surface area contributed by atoms with Gasteiger partial charge in [-0.2, -0.15) is 0 Å². The summed E-state index contributed by atoms with van der Waals surface area (Å²) in [7, 11) is 0. The smallest absolute Gasteiger partial charge is 0.133 e. The molecule has 0 radical (unpaired) electrons. The van der Waals surface area contributed by atoms with Crippen LogP contribution in [-0.4, -0.2) is 16.5 Å². The predicted molar refractivity (Wildman–Crippen MR) is 89.7 cm³/mol. The normalized spacial score (nSPS) is 10.7. The van der Waals surface area contributed by atoms with Crippen molar-refractivity contribution in [2.24, 2.45) is 0 Å². The van der Waals surface area contributed by atoms with Gasteiger partial charge in [-0.25, -0.2) is 9.97 Å². The summed E-state index contributed by atoms with van der Waals surface area (Å²) < 4.78 is 0. The summed E-state index contributed by atoms with van der Waals surface area (Å²) in [5.74, 6) is 1.87. The van der Waals surface area contributed by atoms with Crippen LogP contribution < -0.4 is 5.32 Å². The summed E-state index contributed by atoms with van der Waals surface area (Å²) in [5.41, 5.74) is 4.71. The maximum Gasteiger partial charge on any atom is 0.133 e. The van der Waals surface area contributed by atoms with Gasteiger partial charge in [0.15, 0.2) is 0 Å². The molecule has 1 aromatic heterocycles. The molecule has 112 valence electrons. The topological polar surface area (TPSA) is 37.8 Å². The lowest BCUT2D eigenvalue weighted by atomic mass is 10.0. The van der Waals surface area contributed by atoms with Crippen molar-refractivity contribution in [3.8, 4) is 11.3 Å². The van der Waals surface area contributed by atoms with E-state index in [0.717, 1.165) is 48.7 Å². The molecule has 1 N–H and O–H groups in total. The fourth-order valence-electron chi connectivity index (χ4n) is 2.36. The summed E-state index contributed by atoms with van der Waals surface area (Å²) in [6.45, 7) is 9.48. The molecule has 0 bridgehead atoms. The van der Waals surface area contributed by atoms with E-state index in [4.69, 9.17) is 4.98 Å². The zero-order chi connectivity index (χ0) is 15.2. The van der Waals surface area contributed by atoms with E-state index >= 15 is 0 Å². The molecule has 0 aliphatic heterocycles. The summed E-state index contributed by atoms with van der Waals surface area (Å²) in [6.07, 6.45) is 2.98. The summed E-state index contributed by atoms with van der Waals surface area (Å²) in [5, 5.41) is 3.42. The first-order chi connectivity index (χ1) is 10.2. The van der Waals surface area contributed by atoms with Crippen molar-refractivity contribution in [1.82, 2.24) is 9.97 Å². The summed E-state index contributed by atoms with van der Waals surface area (Å²) >= 11 is 0. The highest BCUT2D eigenvalue weighted by atomic mass is 15.0. The second-order valence-electron chi connectivity index (χ2n) is 5.30. The minimum Gasteiger partial charge on any atom is -0.370 e. The number of aryl methyl sites for hydroxylation is 2. The van der Waals surface area contributed by atoms with Gasteiger partial charge in [0.05, 0.1) is 5.69 Å². The Morgan fingerprint density at radius 2 is 1.86 bits per heavy atom. The Kier molecular flexibility index (Phi) is 5.32. The molecule has 1 aromatic carbocycles. The van der Waals surface area contributed by atoms with Crippen LogP contribution in [0, 0.1) is 6.92 Å². The lowest BCUT2D eigenvalue weighted by Gasteiger charge is -2.14. The van der Waals surface area contributed by atoms with Gasteiger partial charge < -0.3 is 5.32 Å². The second-order valence-corrected chi connectivity index (χ2v) is 5.30. The first-order valence-corrected chi connectivity index (χ1v) is 7.90. The van der Waals surface area contributed by atoms with Crippen LogP contribution in [0.5, 0.6) is 0 Å². The van der Waals surface area contributed by atoms with Crippen molar-refractivity contribution in [1.29, 1.82) is 0 Å². The highest BCUT2D eigenvalue weighted by Gasteiger charge is 2.12. The molecule has 1 heterocycles. The van der Waals surface area contributed by atoms with E-state index in [1.54, 1.807) is 0 Å². The third kappa shape index (κ3) is 3.60. The highest BCUT2D eigenvalue weighted by Crippen LogP contribution is 2.26. The number of rotatable bonds is 6. The van der Waals surface area contributed by atoms with Crippen LogP contribution in [0.3, 0.4) is 0 Å². The SMILES string of the molecule is CCCNc1nc(CC)nc(-c2cccc(CC)c2)c1C. The fraction of sp³-hybridized carbons (Fsp3) is 0.444. The van der Waals surface area contributed by atoms with Gasteiger partial charge in [0.1, 0.15) is 11.6 Å². The molecule has 0 spiro atoms. The molecular formula is C18H25N3. The Morgan fingerprint density at radius 3 is 2.52 bits per heavy atom. The van der Waals surface area contributed by atoms with Crippen LogP contribution in [0.1, 0.15) is 44.1 Å². The zero-order valence-corrected chi connectivity index (χ0v) is 13.5. The van der Waals surface area contributed by atoms with Gasteiger partial charge in [0.2, 0.25) is 0 Å². The van der Waals surface area contributed by atoms with Crippen molar-refractivity contribution >= 4 is 5.82 Å². The molecule has 0 saturated carbocycles. The van der Waals surface area contributed by atoms with E-state index in [9.17, 15) is 0 Å². The first kappa shape index (κ1) is 15.5. The minimum absolute atomic E-state index is 0.849. The standard InChI is InChI=1S/C18H25N3/c1-5-11-19-18-13(4)17(20-16(7-3)21-18)15-10-8-9-14(6-2)12-15/h8-10,12H,5-7,11H2,1-4H3,(H,19,20,21). The molecule has 0 aliphatic carbocycles. The van der Waals surface area contributed by atoms with Crippen molar-refractivity contribution in [2.45, 2.75) is 47.0 Å². The third-order valence-electron chi connectivity index (χ3n) is 3.66. The van der Waals surface area contributed by atoms with E-state index in [2.05, 4.69) is 62.3 Å². The fourth-order valence-corrected chi connectivity index (χ4v) is 2.36. The molecule has 0 amide bonds. The molecule has 0 fully saturated rings. The minimum atomic E-state index is 0.849. The van der Waals surface area contributed by atoms with Crippen LogP contribution in [0.25, 0.3) is 11.3 Å². The van der Waals surface area contributed by atoms with E-state index < -0.39 is 0 Å². The average molecular weight is 283 g/mol. The Labute approximate surface area is 127 Å². The second kappa shape index (κ2) is 7.21. The van der Waals surface area contributed by atoms with Crippen LogP contribution in [0.4, 0.5) is 5.82 Å². The molecule has 21 heavy (non-hydrogen) atoms. The van der Waals surface area contributed by atoms with E-state index in [1.807, 2.05) is 0 Å². The number of aromatic nitrogens is 2. The van der Waals surface area contributed by atoms with Crippen molar-refractivity contribution in [3.63, 3.8) is 0 Å². The molecule has 0 unspecified atom stereocenters. The Balaban J connectivity index is 2.50. The molecular weight excluding hydrogens is 258 g/mol. The Hall–Kier alpha value is -1.90. The third-order valence-corrected chi connectivity index (χ3v) is 3.66. The van der Waals surface area contributed by atoms with Crippen LogP contribution >= 0.6 is 0 Å². The van der Waals surface area contributed by atoms with Gasteiger partial charge in [-0.3, -0.25) is 0 Å². The predicted octanol–water partition coefficient (Wildman–Crippen LogP) is 4.40. The maximum atomic E-state index is 4.75. The highest BCUT2D eigenvalue weighted by molar-refractivity contribution is 5.68. The zero-order valence-electron chi connectivity index (χ0n) is 13.5. The van der Waals surface area contributed by atoms with Crippen LogP contribution in [-0.2, 0) is 12.8 Å². The quantitative estimate of drug-likeness (QED) is 0.854. The monoisotopic (exact) mass is 283 g/mol. The molecule has 0 saturated heterocycles. The Morgan fingerprint density at radius 1 is 1.05 bits per heavy atom. The Bertz CT molecular complexity index is 605. The number of nitrogens with one attached hydrogen (secondary N) is 1. The average Bonchev–Trinajstić information content (AvgIpc) is 2.54. The summed E-state index contributed by atoms with van der Waals surface area (Å²) in [4.78, 5) is 9.39. The van der Waals surface area contributed by atoms with E-state index in [0.29, 0.717) is 0 Å². The van der Waals surface area contributed by atoms with Crippen molar-refractivity contribution in [2.75, 3.05) is 11.9 Å². The van der Waals surface area contributed by atoms with Gasteiger partial charge in [-0.1, -0.05) is 39.0 Å². The molecule has 3 heteroatoms. The first-order valence-electron chi connectivity index (χ1n) is 7.90. The molecule has 3 nitrogen and oxygen atoms in total. The maximum absolute atomic E-state index is 4.75. The lowest BCUT2D eigenvalue weighted by Crippen LogP contribution is -2.08. The number of nitrogens with zero attached hydrogens (tertiary/aromatic N) is 2. The molecule has 2 rings (SSSR count). The number of anilines is 1. The van der Waals surface area contributed by atoms with Gasteiger partial charge >= 0.3 is 0 Å². The largest absolute Gasteiger partial charge is 0.370 e. The van der Waals surface area contributed by atoms with Crippen molar-refractivity contribution < 1.29 is 0 Å². The van der Waals surface area contributed by atoms with Crippen LogP contribution in [0.15, 0.2) is 24.3 Å². The summed E-state index contributed by atoms with van der Waals surface area (Å²) in [6, 6.07) is 8.65.